The molecule has 0 saturated carbocycles. The molecule has 0 bridgehead atoms. The van der Waals surface area contributed by atoms with Crippen molar-refractivity contribution in [1.29, 1.82) is 0 Å². The van der Waals surface area contributed by atoms with E-state index in [1.54, 1.807) is 0 Å². The Kier molecular flexibility index (Phi) is 6.61. The van der Waals surface area contributed by atoms with Crippen molar-refractivity contribution in [3.8, 4) is 0 Å². The van der Waals surface area contributed by atoms with E-state index in [-0.39, 0.29) is 27.1 Å². The predicted molar refractivity (Wildman–Crippen MR) is 139 cm³/mol. The molecule has 0 heterocycles. The van der Waals surface area contributed by atoms with Crippen LogP contribution in [0, 0.1) is 16.2 Å². The Morgan fingerprint density at radius 2 is 1.29 bits per heavy atom. The maximum Gasteiger partial charge on any atom is 0.0346 e. The van der Waals surface area contributed by atoms with E-state index in [9.17, 15) is 0 Å². The van der Waals surface area contributed by atoms with Gasteiger partial charge in [-0.25, -0.2) is 0 Å². The first-order chi connectivity index (χ1) is 13.8. The van der Waals surface area contributed by atoms with Crippen LogP contribution in [0.25, 0.3) is 0 Å². The van der Waals surface area contributed by atoms with Crippen LogP contribution in [0.15, 0.2) is 41.6 Å². The van der Waals surface area contributed by atoms with Crippen LogP contribution in [0.3, 0.4) is 0 Å². The Labute approximate surface area is 192 Å². The van der Waals surface area contributed by atoms with Crippen LogP contribution in [0.4, 0.5) is 5.69 Å². The minimum atomic E-state index is -0.0279. The van der Waals surface area contributed by atoms with Gasteiger partial charge in [-0.05, 0) is 52.0 Å². The maximum absolute atomic E-state index is 6.49. The quantitative estimate of drug-likeness (QED) is 0.514. The largest absolute Gasteiger partial charge is 0.402 e. The molecule has 1 aromatic carbocycles. The number of nitrogens with two attached hydrogens (primary N) is 1. The Balaban J connectivity index is 2.32. The Hall–Kier alpha value is -1.70. The molecule has 1 unspecified atom stereocenters. The van der Waals surface area contributed by atoms with Crippen molar-refractivity contribution < 1.29 is 0 Å². The van der Waals surface area contributed by atoms with Crippen LogP contribution in [-0.4, -0.2) is 6.54 Å². The summed E-state index contributed by atoms with van der Waals surface area (Å²) in [4.78, 5) is 0. The van der Waals surface area contributed by atoms with Gasteiger partial charge in [0, 0.05) is 28.8 Å². The fourth-order valence-electron chi connectivity index (χ4n) is 4.11. The number of nitrogens with one attached hydrogen (secondary N) is 1. The minimum absolute atomic E-state index is 0.0279. The summed E-state index contributed by atoms with van der Waals surface area (Å²) in [5, 5.41) is 3.79. The third-order valence-corrected chi connectivity index (χ3v) is 7.57. The van der Waals surface area contributed by atoms with E-state index in [2.05, 4.69) is 119 Å². The lowest BCUT2D eigenvalue weighted by Crippen LogP contribution is -2.41. The van der Waals surface area contributed by atoms with E-state index in [4.69, 9.17) is 5.73 Å². The second-order valence-electron chi connectivity index (χ2n) is 13.6. The lowest BCUT2D eigenvalue weighted by atomic mass is 9.59. The highest BCUT2D eigenvalue weighted by atomic mass is 14.9. The SMILES string of the molecule is CC(C)(CNc1cc(C(C)(C)C)cc(C(C)(C)C)c1)C1=CC=C(N)C(C)(C(C)(C)C)C1. The van der Waals surface area contributed by atoms with Gasteiger partial charge in [0.1, 0.15) is 0 Å². The molecule has 1 aliphatic carbocycles. The second-order valence-corrected chi connectivity index (χ2v) is 13.6. The summed E-state index contributed by atoms with van der Waals surface area (Å²) in [5.74, 6) is 0. The summed E-state index contributed by atoms with van der Waals surface area (Å²) >= 11 is 0. The van der Waals surface area contributed by atoms with Crippen LogP contribution in [0.2, 0.25) is 0 Å². The van der Waals surface area contributed by atoms with Gasteiger partial charge in [-0.2, -0.15) is 0 Å². The van der Waals surface area contributed by atoms with Gasteiger partial charge in [0.2, 0.25) is 0 Å². The van der Waals surface area contributed by atoms with Crippen LogP contribution < -0.4 is 11.1 Å². The molecule has 2 heteroatoms. The standard InChI is InChI=1S/C29H48N2/c1-25(2,3)21-15-22(26(4,5)6)17-23(16-21)31-19-28(10,11)20-13-14-24(30)29(12,18-20)27(7,8)9/h13-17,31H,18-19,30H2,1-12H3. The molecule has 1 atom stereocenters. The van der Waals surface area contributed by atoms with Crippen LogP contribution in [0.5, 0.6) is 0 Å². The van der Waals surface area contributed by atoms with Crippen molar-refractivity contribution in [2.45, 2.75) is 100 Å². The fourth-order valence-corrected chi connectivity index (χ4v) is 4.11. The molecule has 1 aromatic rings. The summed E-state index contributed by atoms with van der Waals surface area (Å²) < 4.78 is 0. The molecule has 0 aliphatic heterocycles. The monoisotopic (exact) mass is 424 g/mol. The molecule has 0 fully saturated rings. The summed E-state index contributed by atoms with van der Waals surface area (Å²) in [6.45, 7) is 28.6. The number of anilines is 1. The summed E-state index contributed by atoms with van der Waals surface area (Å²) in [6, 6.07) is 7.04. The first kappa shape index (κ1) is 25.6. The first-order valence-corrected chi connectivity index (χ1v) is 11.8. The highest BCUT2D eigenvalue weighted by Gasteiger charge is 2.43. The number of allylic oxidation sites excluding steroid dienone is 3. The van der Waals surface area contributed by atoms with Crippen molar-refractivity contribution in [2.75, 3.05) is 11.9 Å². The van der Waals surface area contributed by atoms with Gasteiger partial charge in [0.25, 0.3) is 0 Å². The molecule has 0 radical (unpaired) electrons. The van der Waals surface area contributed by atoms with Crippen molar-refractivity contribution in [3.63, 3.8) is 0 Å². The highest BCUT2D eigenvalue weighted by molar-refractivity contribution is 5.52. The topological polar surface area (TPSA) is 38.0 Å². The number of hydrogen-bond acceptors (Lipinski definition) is 2. The molecule has 1 aliphatic rings. The zero-order valence-electron chi connectivity index (χ0n) is 22.4. The van der Waals surface area contributed by atoms with Gasteiger partial charge in [-0.1, -0.05) is 101 Å². The van der Waals surface area contributed by atoms with E-state index < -0.39 is 0 Å². The fraction of sp³-hybridized carbons (Fsp3) is 0.655. The lowest BCUT2D eigenvalue weighted by Gasteiger charge is -2.47. The van der Waals surface area contributed by atoms with Gasteiger partial charge >= 0.3 is 0 Å². The second kappa shape index (κ2) is 8.01. The Morgan fingerprint density at radius 1 is 0.806 bits per heavy atom. The lowest BCUT2D eigenvalue weighted by molar-refractivity contribution is 0.140. The van der Waals surface area contributed by atoms with Crippen molar-refractivity contribution in [2.24, 2.45) is 22.0 Å². The zero-order chi connectivity index (χ0) is 24.0. The zero-order valence-corrected chi connectivity index (χ0v) is 22.4. The molecule has 0 amide bonds. The van der Waals surface area contributed by atoms with Gasteiger partial charge in [-0.3, -0.25) is 0 Å². The Morgan fingerprint density at radius 3 is 1.71 bits per heavy atom. The highest BCUT2D eigenvalue weighted by Crippen LogP contribution is 2.51. The number of rotatable bonds is 4. The third-order valence-electron chi connectivity index (χ3n) is 7.57. The molecular weight excluding hydrogens is 376 g/mol. The molecule has 0 saturated heterocycles. The van der Waals surface area contributed by atoms with Crippen LogP contribution >= 0.6 is 0 Å². The third kappa shape index (κ3) is 5.57. The molecule has 31 heavy (non-hydrogen) atoms. The molecular formula is C29H48N2. The average Bonchev–Trinajstić information content (AvgIpc) is 2.59. The van der Waals surface area contributed by atoms with E-state index >= 15 is 0 Å². The van der Waals surface area contributed by atoms with Crippen molar-refractivity contribution >= 4 is 5.69 Å². The molecule has 0 spiro atoms. The number of hydrogen-bond donors (Lipinski definition) is 2. The minimum Gasteiger partial charge on any atom is -0.402 e. The van der Waals surface area contributed by atoms with Crippen molar-refractivity contribution in [1.82, 2.24) is 0 Å². The van der Waals surface area contributed by atoms with Gasteiger partial charge in [0.05, 0.1) is 0 Å². The van der Waals surface area contributed by atoms with Gasteiger partial charge < -0.3 is 11.1 Å². The van der Waals surface area contributed by atoms with E-state index in [0.717, 1.165) is 18.7 Å². The van der Waals surface area contributed by atoms with Crippen molar-refractivity contribution in [3.05, 3.63) is 52.7 Å². The normalized spacial score (nSPS) is 20.9. The first-order valence-electron chi connectivity index (χ1n) is 11.8. The summed E-state index contributed by atoms with van der Waals surface area (Å²) in [6.07, 6.45) is 5.41. The molecule has 2 nitrogen and oxygen atoms in total. The molecule has 3 N–H and O–H groups in total. The van der Waals surface area contributed by atoms with E-state index in [1.807, 2.05) is 0 Å². The average molecular weight is 425 g/mol. The smallest absolute Gasteiger partial charge is 0.0346 e. The summed E-state index contributed by atoms with van der Waals surface area (Å²) in [5.41, 5.74) is 13.3. The Bertz CT molecular complexity index is 831. The maximum atomic E-state index is 6.49. The predicted octanol–water partition coefficient (Wildman–Crippen LogP) is 7.94. The molecule has 0 aromatic heterocycles. The molecule has 174 valence electrons. The van der Waals surface area contributed by atoms with Crippen LogP contribution in [0.1, 0.15) is 101 Å². The van der Waals surface area contributed by atoms with E-state index in [1.165, 1.54) is 22.4 Å². The van der Waals surface area contributed by atoms with E-state index in [0.29, 0.717) is 0 Å². The molecule has 2 rings (SSSR count). The summed E-state index contributed by atoms with van der Waals surface area (Å²) in [7, 11) is 0. The van der Waals surface area contributed by atoms with Gasteiger partial charge in [0.15, 0.2) is 0 Å². The van der Waals surface area contributed by atoms with Gasteiger partial charge in [-0.15, -0.1) is 0 Å². The number of benzene rings is 1. The van der Waals surface area contributed by atoms with Crippen LogP contribution in [-0.2, 0) is 10.8 Å².